The van der Waals surface area contributed by atoms with Crippen LogP contribution in [-0.2, 0) is 4.79 Å². The molecular formula is C8H11Cl2NO. The minimum Gasteiger partial charge on any atom is -0.294 e. The lowest BCUT2D eigenvalue weighted by Crippen LogP contribution is -2.18. The van der Waals surface area contributed by atoms with Gasteiger partial charge in [0.05, 0.1) is 17.5 Å². The molecule has 1 unspecified atom stereocenters. The van der Waals surface area contributed by atoms with Crippen LogP contribution < -0.4 is 0 Å². The largest absolute Gasteiger partial charge is 0.294 e. The molecule has 1 atom stereocenters. The second kappa shape index (κ2) is 4.63. The van der Waals surface area contributed by atoms with Crippen molar-refractivity contribution in [1.82, 2.24) is 0 Å². The molecule has 0 amide bonds. The zero-order chi connectivity index (χ0) is 8.43. The van der Waals surface area contributed by atoms with Gasteiger partial charge < -0.3 is 0 Å². The van der Waals surface area contributed by atoms with Gasteiger partial charge in [-0.2, -0.15) is 0 Å². The van der Waals surface area contributed by atoms with E-state index in [0.29, 0.717) is 17.2 Å². The molecule has 4 heteroatoms. The summed E-state index contributed by atoms with van der Waals surface area (Å²) in [4.78, 5) is 15.3. The van der Waals surface area contributed by atoms with E-state index in [1.54, 1.807) is 13.1 Å². The number of hydrogen-bond acceptors (Lipinski definition) is 2. The second-order valence-corrected chi connectivity index (χ2v) is 2.90. The first-order valence-corrected chi connectivity index (χ1v) is 4.04. The van der Waals surface area contributed by atoms with E-state index in [9.17, 15) is 4.79 Å². The Kier molecular flexibility index (Phi) is 4.50. The van der Waals surface area contributed by atoms with E-state index in [-0.39, 0.29) is 24.1 Å². The number of carbonyl (C=O) groups excluding carboxylic acids is 1. The van der Waals surface area contributed by atoms with Gasteiger partial charge in [0.1, 0.15) is 0 Å². The number of alkyl halides is 1. The van der Waals surface area contributed by atoms with Gasteiger partial charge in [-0.15, -0.1) is 24.0 Å². The molecule has 0 aromatic heterocycles. The lowest BCUT2D eigenvalue weighted by atomic mass is 9.98. The van der Waals surface area contributed by atoms with Gasteiger partial charge in [-0.3, -0.25) is 9.79 Å². The van der Waals surface area contributed by atoms with E-state index >= 15 is 0 Å². The molecule has 1 aliphatic rings. The summed E-state index contributed by atoms with van der Waals surface area (Å²) in [6, 6.07) is 0. The Labute approximate surface area is 83.1 Å². The third-order valence-electron chi connectivity index (χ3n) is 1.80. The molecule has 0 aliphatic carbocycles. The molecule has 0 aromatic rings. The Morgan fingerprint density at radius 3 is 2.75 bits per heavy atom. The van der Waals surface area contributed by atoms with Gasteiger partial charge in [-0.1, -0.05) is 6.92 Å². The summed E-state index contributed by atoms with van der Waals surface area (Å²) in [5.41, 5.74) is 1.41. The predicted molar refractivity (Wildman–Crippen MR) is 53.3 cm³/mol. The molecule has 0 fully saturated rings. The molecule has 2 nitrogen and oxygen atoms in total. The van der Waals surface area contributed by atoms with Crippen molar-refractivity contribution in [2.45, 2.75) is 13.8 Å². The summed E-state index contributed by atoms with van der Waals surface area (Å²) < 4.78 is 0. The molecule has 1 rings (SSSR count). The van der Waals surface area contributed by atoms with E-state index in [0.717, 1.165) is 0 Å². The van der Waals surface area contributed by atoms with Gasteiger partial charge in [0, 0.05) is 11.8 Å². The normalized spacial score (nSPS) is 22.6. The number of Topliss-reactive ketones (excluding diaryl/α,β-unsaturated/α-hetero) is 1. The van der Waals surface area contributed by atoms with Crippen LogP contribution in [0.1, 0.15) is 13.8 Å². The molecule has 0 spiro atoms. The molecule has 0 N–H and O–H groups in total. The van der Waals surface area contributed by atoms with Crippen molar-refractivity contribution >= 4 is 36.0 Å². The lowest BCUT2D eigenvalue weighted by Gasteiger charge is -2.12. The molecule has 0 saturated heterocycles. The maximum atomic E-state index is 11.3. The highest BCUT2D eigenvalue weighted by atomic mass is 35.5. The van der Waals surface area contributed by atoms with Gasteiger partial charge in [0.2, 0.25) is 0 Å². The molecule has 0 bridgehead atoms. The standard InChI is InChI=1S/C8H10ClNO.ClH/c1-5-4-10-7(3-9)6(2)8(5)11;/h4-5H,3H2,1-2H3;1H. The summed E-state index contributed by atoms with van der Waals surface area (Å²) in [6.07, 6.45) is 1.65. The Hall–Kier alpha value is -0.340. The Morgan fingerprint density at radius 1 is 1.67 bits per heavy atom. The van der Waals surface area contributed by atoms with Gasteiger partial charge >= 0.3 is 0 Å². The van der Waals surface area contributed by atoms with Crippen molar-refractivity contribution in [3.05, 3.63) is 11.3 Å². The zero-order valence-corrected chi connectivity index (χ0v) is 8.58. The number of allylic oxidation sites excluding steroid dienone is 2. The van der Waals surface area contributed by atoms with Crippen LogP contribution in [0.15, 0.2) is 16.3 Å². The average Bonchev–Trinajstić information content (AvgIpc) is 2.01. The molecule has 68 valence electrons. The maximum Gasteiger partial charge on any atom is 0.168 e. The van der Waals surface area contributed by atoms with Crippen LogP contribution >= 0.6 is 24.0 Å². The summed E-state index contributed by atoms with van der Waals surface area (Å²) in [6.45, 7) is 3.60. The summed E-state index contributed by atoms with van der Waals surface area (Å²) in [5.74, 6) is 0.374. The molecule has 1 heterocycles. The van der Waals surface area contributed by atoms with Gasteiger partial charge in [-0.25, -0.2) is 0 Å². The van der Waals surface area contributed by atoms with E-state index in [1.807, 2.05) is 6.92 Å². The van der Waals surface area contributed by atoms with Crippen LogP contribution in [-0.4, -0.2) is 17.9 Å². The minimum atomic E-state index is -0.0815. The van der Waals surface area contributed by atoms with Crippen LogP contribution in [0.4, 0.5) is 0 Å². The fraction of sp³-hybridized carbons (Fsp3) is 0.500. The molecule has 0 saturated carbocycles. The van der Waals surface area contributed by atoms with E-state index in [2.05, 4.69) is 4.99 Å². The monoisotopic (exact) mass is 207 g/mol. The number of nitrogens with zero attached hydrogens (tertiary/aromatic N) is 1. The lowest BCUT2D eigenvalue weighted by molar-refractivity contribution is -0.117. The van der Waals surface area contributed by atoms with Crippen molar-refractivity contribution in [3.8, 4) is 0 Å². The number of aliphatic imine (C=N–C) groups is 1. The molecule has 1 aliphatic heterocycles. The van der Waals surface area contributed by atoms with Crippen molar-refractivity contribution in [2.75, 3.05) is 5.88 Å². The second-order valence-electron chi connectivity index (χ2n) is 2.64. The van der Waals surface area contributed by atoms with Crippen LogP contribution in [0.2, 0.25) is 0 Å². The third kappa shape index (κ3) is 2.08. The van der Waals surface area contributed by atoms with Gasteiger partial charge in [0.15, 0.2) is 5.78 Å². The molecule has 0 radical (unpaired) electrons. The SMILES string of the molecule is CC1=C(CCl)N=CC(C)C1=O.Cl. The first kappa shape index (κ1) is 11.7. The fourth-order valence-corrected chi connectivity index (χ4v) is 1.25. The summed E-state index contributed by atoms with van der Waals surface area (Å²) in [7, 11) is 0. The van der Waals surface area contributed by atoms with Gasteiger partial charge in [0.25, 0.3) is 0 Å². The third-order valence-corrected chi connectivity index (χ3v) is 2.05. The number of rotatable bonds is 1. The number of carbonyl (C=O) groups is 1. The first-order chi connectivity index (χ1) is 5.16. The van der Waals surface area contributed by atoms with Crippen molar-refractivity contribution < 1.29 is 4.79 Å². The van der Waals surface area contributed by atoms with Crippen LogP contribution in [0, 0.1) is 5.92 Å². The molecule has 0 aromatic carbocycles. The van der Waals surface area contributed by atoms with Crippen LogP contribution in [0.25, 0.3) is 0 Å². The van der Waals surface area contributed by atoms with Gasteiger partial charge in [-0.05, 0) is 6.92 Å². The Bertz CT molecular complexity index is 245. The van der Waals surface area contributed by atoms with Crippen molar-refractivity contribution in [3.63, 3.8) is 0 Å². The minimum absolute atomic E-state index is 0. The van der Waals surface area contributed by atoms with Crippen molar-refractivity contribution in [2.24, 2.45) is 10.9 Å². The van der Waals surface area contributed by atoms with Crippen LogP contribution in [0.5, 0.6) is 0 Å². The van der Waals surface area contributed by atoms with Crippen molar-refractivity contribution in [1.29, 1.82) is 0 Å². The fourth-order valence-electron chi connectivity index (χ4n) is 0.985. The first-order valence-electron chi connectivity index (χ1n) is 3.51. The Balaban J connectivity index is 0.00000121. The smallest absolute Gasteiger partial charge is 0.168 e. The van der Waals surface area contributed by atoms with E-state index < -0.39 is 0 Å². The maximum absolute atomic E-state index is 11.3. The highest BCUT2D eigenvalue weighted by molar-refractivity contribution is 6.20. The number of ketones is 1. The number of halogens is 2. The van der Waals surface area contributed by atoms with Crippen LogP contribution in [0.3, 0.4) is 0 Å². The van der Waals surface area contributed by atoms with E-state index in [4.69, 9.17) is 11.6 Å². The predicted octanol–water partition coefficient (Wildman–Crippen LogP) is 2.21. The topological polar surface area (TPSA) is 29.4 Å². The van der Waals surface area contributed by atoms with E-state index in [1.165, 1.54) is 0 Å². The molecule has 12 heavy (non-hydrogen) atoms. The highest BCUT2D eigenvalue weighted by Crippen LogP contribution is 2.17. The average molecular weight is 208 g/mol. The Morgan fingerprint density at radius 2 is 2.25 bits per heavy atom. The highest BCUT2D eigenvalue weighted by Gasteiger charge is 2.19. The molecular weight excluding hydrogens is 197 g/mol. The summed E-state index contributed by atoms with van der Waals surface area (Å²) in [5, 5.41) is 0. The zero-order valence-electron chi connectivity index (χ0n) is 7.00. The number of hydrogen-bond donors (Lipinski definition) is 0. The summed E-state index contributed by atoms with van der Waals surface area (Å²) >= 11 is 5.56. The quantitative estimate of drug-likeness (QED) is 0.607.